The van der Waals surface area contributed by atoms with Crippen molar-refractivity contribution in [2.24, 2.45) is 10.2 Å². The molecule has 7 nitrogen and oxygen atoms in total. The van der Waals surface area contributed by atoms with Gasteiger partial charge >= 0.3 is 12.4 Å². The monoisotopic (exact) mass is 579 g/mol. The first kappa shape index (κ1) is 28.9. The summed E-state index contributed by atoms with van der Waals surface area (Å²) in [6, 6.07) is 15.4. The van der Waals surface area contributed by atoms with E-state index >= 15 is 0 Å². The summed E-state index contributed by atoms with van der Waals surface area (Å²) in [5, 5.41) is 10.4. The van der Waals surface area contributed by atoms with Gasteiger partial charge < -0.3 is 5.32 Å². The molecule has 0 spiro atoms. The maximum absolute atomic E-state index is 14.3. The number of anilines is 4. The Labute approximate surface area is 226 Å². The zero-order chi connectivity index (χ0) is 29.6. The van der Waals surface area contributed by atoms with Crippen molar-refractivity contribution in [3.8, 4) is 0 Å². The zero-order valence-electron chi connectivity index (χ0n) is 20.4. The highest BCUT2D eigenvalue weighted by Gasteiger charge is 2.35. The van der Waals surface area contributed by atoms with Gasteiger partial charge in [0, 0.05) is 22.9 Å². The van der Waals surface area contributed by atoms with Gasteiger partial charge in [-0.25, -0.2) is 14.2 Å². The van der Waals surface area contributed by atoms with E-state index < -0.39 is 46.2 Å². The number of nitrogens with one attached hydrogen (secondary N) is 3. The van der Waals surface area contributed by atoms with E-state index in [1.807, 2.05) is 0 Å². The molecule has 0 aliphatic heterocycles. The van der Waals surface area contributed by atoms with E-state index in [1.165, 1.54) is 6.07 Å². The minimum absolute atomic E-state index is 0.0370. The Balaban J connectivity index is 1.58. The third-order valence-corrected chi connectivity index (χ3v) is 5.19. The van der Waals surface area contributed by atoms with Gasteiger partial charge in [-0.1, -0.05) is 42.5 Å². The van der Waals surface area contributed by atoms with Gasteiger partial charge in [0.15, 0.2) is 5.82 Å². The van der Waals surface area contributed by atoms with E-state index in [0.717, 1.165) is 36.7 Å². The number of hydrogen-bond acceptors (Lipinski definition) is 7. The number of alkyl halides is 6. The van der Waals surface area contributed by atoms with Crippen LogP contribution in [0.3, 0.4) is 0 Å². The fraction of sp³-hybridized carbons (Fsp3) is 0.0769. The van der Waals surface area contributed by atoms with Crippen molar-refractivity contribution < 1.29 is 35.1 Å². The molecule has 4 rings (SSSR count). The zero-order valence-corrected chi connectivity index (χ0v) is 20.4. The lowest BCUT2D eigenvalue weighted by molar-refractivity contribution is -0.140. The molecule has 0 atom stereocenters. The molecule has 0 unspecified atom stereocenters. The molecule has 41 heavy (non-hydrogen) atoms. The Morgan fingerprint density at radius 1 is 0.610 bits per heavy atom. The molecular weight excluding hydrogens is 562 g/mol. The number of hydrogen-bond donors (Lipinski definition) is 3. The van der Waals surface area contributed by atoms with Crippen molar-refractivity contribution in [3.63, 3.8) is 0 Å². The first-order valence-electron chi connectivity index (χ1n) is 11.4. The predicted octanol–water partition coefficient (Wildman–Crippen LogP) is 7.43. The summed E-state index contributed by atoms with van der Waals surface area (Å²) in [6.45, 7) is 0. The molecule has 3 aromatic carbocycles. The van der Waals surface area contributed by atoms with Crippen LogP contribution in [0.15, 0.2) is 83.0 Å². The van der Waals surface area contributed by atoms with Gasteiger partial charge in [0.25, 0.3) is 0 Å². The Kier molecular flexibility index (Phi) is 8.45. The van der Waals surface area contributed by atoms with Gasteiger partial charge in [0.05, 0.1) is 23.6 Å². The number of para-hydroxylation sites is 1. The van der Waals surface area contributed by atoms with Crippen molar-refractivity contribution in [1.29, 1.82) is 0 Å². The molecule has 1 aromatic heterocycles. The molecule has 3 N–H and O–H groups in total. The van der Waals surface area contributed by atoms with E-state index in [0.29, 0.717) is 17.8 Å². The molecule has 0 saturated heterocycles. The summed E-state index contributed by atoms with van der Waals surface area (Å²) in [5.41, 5.74) is 1.58. The summed E-state index contributed by atoms with van der Waals surface area (Å²) < 4.78 is 106. The quantitative estimate of drug-likeness (QED) is 0.115. The molecule has 0 aliphatic carbocycles. The summed E-state index contributed by atoms with van der Waals surface area (Å²) >= 11 is 0. The maximum Gasteiger partial charge on any atom is 0.419 e. The van der Waals surface area contributed by atoms with Crippen molar-refractivity contribution in [1.82, 2.24) is 9.97 Å². The van der Waals surface area contributed by atoms with Crippen LogP contribution in [-0.4, -0.2) is 22.4 Å². The summed E-state index contributed by atoms with van der Waals surface area (Å²) in [7, 11) is 0. The third-order valence-electron chi connectivity index (χ3n) is 5.19. The normalized spacial score (nSPS) is 12.2. The van der Waals surface area contributed by atoms with Crippen molar-refractivity contribution in [2.75, 3.05) is 16.2 Å². The maximum atomic E-state index is 14.3. The minimum atomic E-state index is -4.90. The first-order valence-corrected chi connectivity index (χ1v) is 11.4. The molecule has 0 radical (unpaired) electrons. The molecule has 0 aliphatic rings. The van der Waals surface area contributed by atoms with Crippen LogP contribution in [0.2, 0.25) is 0 Å². The van der Waals surface area contributed by atoms with Crippen LogP contribution in [0.25, 0.3) is 0 Å². The molecule has 0 fully saturated rings. The smallest absolute Gasteiger partial charge is 0.340 e. The van der Waals surface area contributed by atoms with Crippen LogP contribution in [0.4, 0.5) is 58.4 Å². The predicted molar refractivity (Wildman–Crippen MR) is 137 cm³/mol. The first-order chi connectivity index (χ1) is 19.4. The Morgan fingerprint density at radius 3 is 1.66 bits per heavy atom. The van der Waals surface area contributed by atoms with Crippen LogP contribution in [-0.2, 0) is 12.4 Å². The fourth-order valence-corrected chi connectivity index (χ4v) is 3.35. The molecule has 1 heterocycles. The lowest BCUT2D eigenvalue weighted by Crippen LogP contribution is -2.10. The minimum Gasteiger partial charge on any atom is -0.340 e. The van der Waals surface area contributed by atoms with Crippen LogP contribution in [0.5, 0.6) is 0 Å². The number of hydrazone groups is 2. The van der Waals surface area contributed by atoms with Gasteiger partial charge in [-0.05, 0) is 24.3 Å². The number of halogens is 8. The third kappa shape index (κ3) is 7.52. The second kappa shape index (κ2) is 12.0. The standard InChI is InChI=1S/C26H17F8N7/c27-22-15(6-4-10-18(22)25(29,30)31)13-35-40-21-12-20(37-17-8-2-1-3-9-17)38-24(39-21)41-36-14-16-7-5-11-19(23(16)28)26(32,33)34/h1-14H,(H3,37,38,39,40,41). The molecule has 4 aromatic rings. The van der Waals surface area contributed by atoms with Crippen molar-refractivity contribution in [3.05, 3.63) is 107 Å². The van der Waals surface area contributed by atoms with Gasteiger partial charge in [0.2, 0.25) is 5.95 Å². The Hall–Kier alpha value is -5.08. The summed E-state index contributed by atoms with van der Waals surface area (Å²) in [5.74, 6) is -3.14. The van der Waals surface area contributed by atoms with E-state index in [-0.39, 0.29) is 17.6 Å². The second-order valence-electron chi connectivity index (χ2n) is 8.11. The fourth-order valence-electron chi connectivity index (χ4n) is 3.35. The van der Waals surface area contributed by atoms with Gasteiger partial charge in [0.1, 0.15) is 17.5 Å². The molecular formula is C26H17F8N7. The van der Waals surface area contributed by atoms with E-state index in [1.54, 1.807) is 30.3 Å². The lowest BCUT2D eigenvalue weighted by atomic mass is 10.1. The summed E-state index contributed by atoms with van der Waals surface area (Å²) in [4.78, 5) is 8.21. The lowest BCUT2D eigenvalue weighted by Gasteiger charge is -2.10. The van der Waals surface area contributed by atoms with Crippen molar-refractivity contribution in [2.45, 2.75) is 12.4 Å². The molecule has 0 saturated carbocycles. The van der Waals surface area contributed by atoms with Crippen LogP contribution in [0, 0.1) is 11.6 Å². The number of aromatic nitrogens is 2. The Bertz CT molecular complexity index is 1480. The highest BCUT2D eigenvalue weighted by molar-refractivity contribution is 5.81. The Morgan fingerprint density at radius 2 is 1.12 bits per heavy atom. The van der Waals surface area contributed by atoms with E-state index in [4.69, 9.17) is 0 Å². The van der Waals surface area contributed by atoms with Crippen LogP contribution < -0.4 is 16.2 Å². The molecule has 212 valence electrons. The van der Waals surface area contributed by atoms with Crippen LogP contribution in [0.1, 0.15) is 22.3 Å². The van der Waals surface area contributed by atoms with Gasteiger partial charge in [-0.15, -0.1) is 0 Å². The second-order valence-corrected chi connectivity index (χ2v) is 8.11. The average Bonchev–Trinajstić information content (AvgIpc) is 2.90. The van der Waals surface area contributed by atoms with E-state index in [2.05, 4.69) is 36.3 Å². The summed E-state index contributed by atoms with van der Waals surface area (Å²) in [6.07, 6.45) is -8.18. The number of nitrogens with zero attached hydrogens (tertiary/aromatic N) is 4. The van der Waals surface area contributed by atoms with Gasteiger partial charge in [-0.3, -0.25) is 5.43 Å². The van der Waals surface area contributed by atoms with Crippen LogP contribution >= 0.6 is 0 Å². The van der Waals surface area contributed by atoms with Crippen molar-refractivity contribution >= 4 is 35.7 Å². The molecule has 0 bridgehead atoms. The largest absolute Gasteiger partial charge is 0.419 e. The molecule has 0 amide bonds. The topological polar surface area (TPSA) is 86.6 Å². The number of benzene rings is 3. The van der Waals surface area contributed by atoms with Gasteiger partial charge in [-0.2, -0.15) is 46.5 Å². The number of rotatable bonds is 8. The molecule has 15 heteroatoms. The SMILES string of the molecule is Fc1c(C=NNc2cc(Nc3ccccc3)nc(NN=Cc3cccc(C(F)(F)F)c3F)n2)cccc1C(F)(F)F. The average molecular weight is 579 g/mol. The highest BCUT2D eigenvalue weighted by atomic mass is 19.4. The van der Waals surface area contributed by atoms with E-state index in [9.17, 15) is 35.1 Å². The highest BCUT2D eigenvalue weighted by Crippen LogP contribution is 2.33.